The van der Waals surface area contributed by atoms with Crippen LogP contribution in [0.2, 0.25) is 0 Å². The minimum Gasteiger partial charge on any atom is -0.402 e. The first-order chi connectivity index (χ1) is 10.5. The van der Waals surface area contributed by atoms with Gasteiger partial charge in [0.15, 0.2) is 0 Å². The zero-order valence-electron chi connectivity index (χ0n) is 12.9. The number of benzene rings is 2. The van der Waals surface area contributed by atoms with Crippen LogP contribution in [0.4, 0.5) is 11.4 Å². The van der Waals surface area contributed by atoms with Crippen molar-refractivity contribution in [3.05, 3.63) is 42.5 Å². The predicted octanol–water partition coefficient (Wildman–Crippen LogP) is 3.80. The molecule has 0 radical (unpaired) electrons. The molecule has 0 saturated carbocycles. The smallest absolute Gasteiger partial charge is 0.402 e. The first-order valence-electron chi connectivity index (χ1n) is 7.54. The zero-order valence-corrected chi connectivity index (χ0v) is 13.7. The Bertz CT molecular complexity index is 734. The Hall–Kier alpha value is -1.43. The Kier molecular flexibility index (Phi) is 3.26. The molecule has 2 heterocycles. The molecule has 1 atom stereocenters. The van der Waals surface area contributed by atoms with Gasteiger partial charge in [0.2, 0.25) is 0 Å². The Balaban J connectivity index is 1.64. The van der Waals surface area contributed by atoms with Crippen molar-refractivity contribution in [1.29, 1.82) is 0 Å². The second-order valence-electron chi connectivity index (χ2n) is 6.31. The molecule has 2 aromatic carbocycles. The number of nitrogens with one attached hydrogen (secondary N) is 1. The van der Waals surface area contributed by atoms with Gasteiger partial charge in [0.1, 0.15) is 0 Å². The predicted molar refractivity (Wildman–Crippen MR) is 91.4 cm³/mol. The fourth-order valence-corrected chi connectivity index (χ4v) is 3.67. The standard InChI is InChI=1S/C17H18BNO2S/c1-11-17(2,3)21-18(20-11)12-8-9-16-14(10-12)19-13-6-4-5-7-15(13)22-16/h4-11,19H,1-3H3. The molecule has 2 aromatic rings. The fraction of sp³-hybridized carbons (Fsp3) is 0.294. The number of fused-ring (bicyclic) bond motifs is 2. The molecule has 1 fully saturated rings. The lowest BCUT2D eigenvalue weighted by atomic mass is 9.79. The van der Waals surface area contributed by atoms with Crippen LogP contribution >= 0.6 is 11.8 Å². The molecule has 22 heavy (non-hydrogen) atoms. The third-order valence-corrected chi connectivity index (χ3v) is 5.52. The second kappa shape index (κ2) is 5.05. The molecule has 0 bridgehead atoms. The first-order valence-corrected chi connectivity index (χ1v) is 8.36. The summed E-state index contributed by atoms with van der Waals surface area (Å²) < 4.78 is 12.0. The van der Waals surface area contributed by atoms with Crippen LogP contribution in [-0.4, -0.2) is 18.8 Å². The highest BCUT2D eigenvalue weighted by molar-refractivity contribution is 7.99. The van der Waals surface area contributed by atoms with E-state index in [2.05, 4.69) is 68.6 Å². The number of anilines is 2. The van der Waals surface area contributed by atoms with Gasteiger partial charge in [0, 0.05) is 9.79 Å². The normalized spacial score (nSPS) is 22.0. The summed E-state index contributed by atoms with van der Waals surface area (Å²) in [5.74, 6) is 0. The van der Waals surface area contributed by atoms with Gasteiger partial charge in [-0.15, -0.1) is 0 Å². The summed E-state index contributed by atoms with van der Waals surface area (Å²) in [6.45, 7) is 6.20. The van der Waals surface area contributed by atoms with Crippen molar-refractivity contribution in [3.8, 4) is 0 Å². The molecule has 2 aliphatic rings. The van der Waals surface area contributed by atoms with Crippen molar-refractivity contribution < 1.29 is 9.31 Å². The van der Waals surface area contributed by atoms with Gasteiger partial charge >= 0.3 is 7.12 Å². The van der Waals surface area contributed by atoms with E-state index in [0.717, 1.165) is 16.8 Å². The monoisotopic (exact) mass is 311 g/mol. The molecule has 0 aromatic heterocycles. The van der Waals surface area contributed by atoms with E-state index in [1.807, 2.05) is 0 Å². The van der Waals surface area contributed by atoms with Crippen molar-refractivity contribution >= 4 is 35.7 Å². The van der Waals surface area contributed by atoms with Gasteiger partial charge in [-0.3, -0.25) is 0 Å². The summed E-state index contributed by atoms with van der Waals surface area (Å²) >= 11 is 1.79. The van der Waals surface area contributed by atoms with E-state index in [9.17, 15) is 0 Å². The van der Waals surface area contributed by atoms with E-state index in [1.54, 1.807) is 11.8 Å². The number of hydrogen-bond donors (Lipinski definition) is 1. The lowest BCUT2D eigenvalue weighted by Crippen LogP contribution is -2.34. The molecular formula is C17H18BNO2S. The molecule has 3 nitrogen and oxygen atoms in total. The molecule has 0 aliphatic carbocycles. The lowest BCUT2D eigenvalue weighted by Gasteiger charge is -2.22. The third kappa shape index (κ3) is 2.33. The maximum Gasteiger partial charge on any atom is 0.494 e. The second-order valence-corrected chi connectivity index (χ2v) is 7.39. The highest BCUT2D eigenvalue weighted by Crippen LogP contribution is 2.43. The third-order valence-electron chi connectivity index (χ3n) is 4.37. The van der Waals surface area contributed by atoms with E-state index >= 15 is 0 Å². The Morgan fingerprint density at radius 2 is 1.86 bits per heavy atom. The summed E-state index contributed by atoms with van der Waals surface area (Å²) in [6, 6.07) is 14.7. The quantitative estimate of drug-likeness (QED) is 0.692. The minimum atomic E-state index is -0.292. The summed E-state index contributed by atoms with van der Waals surface area (Å²) in [4.78, 5) is 2.48. The van der Waals surface area contributed by atoms with Crippen molar-refractivity contribution in [1.82, 2.24) is 0 Å². The topological polar surface area (TPSA) is 30.5 Å². The molecule has 5 heteroatoms. The number of rotatable bonds is 1. The summed E-state index contributed by atoms with van der Waals surface area (Å²) in [5, 5.41) is 3.50. The average molecular weight is 311 g/mol. The average Bonchev–Trinajstić information content (AvgIpc) is 2.78. The lowest BCUT2D eigenvalue weighted by molar-refractivity contribution is 0.0842. The summed E-state index contributed by atoms with van der Waals surface area (Å²) in [7, 11) is -0.292. The van der Waals surface area contributed by atoms with Gasteiger partial charge in [0.05, 0.1) is 23.1 Å². The Morgan fingerprint density at radius 1 is 1.09 bits per heavy atom. The first kappa shape index (κ1) is 14.2. The summed E-state index contributed by atoms with van der Waals surface area (Å²) in [6.07, 6.45) is 0.0802. The molecule has 0 spiro atoms. The molecular weight excluding hydrogens is 293 g/mol. The highest BCUT2D eigenvalue weighted by atomic mass is 32.2. The maximum absolute atomic E-state index is 6.05. The molecule has 1 saturated heterocycles. The van der Waals surface area contributed by atoms with Gasteiger partial charge in [0.25, 0.3) is 0 Å². The van der Waals surface area contributed by atoms with Crippen LogP contribution in [0.15, 0.2) is 52.3 Å². The van der Waals surface area contributed by atoms with Gasteiger partial charge in [-0.1, -0.05) is 30.0 Å². The van der Waals surface area contributed by atoms with Crippen molar-refractivity contribution in [3.63, 3.8) is 0 Å². The van der Waals surface area contributed by atoms with Crippen LogP contribution < -0.4 is 10.8 Å². The van der Waals surface area contributed by atoms with Crippen LogP contribution in [0.1, 0.15) is 20.8 Å². The maximum atomic E-state index is 6.05. The van der Waals surface area contributed by atoms with Gasteiger partial charge in [-0.2, -0.15) is 0 Å². The number of para-hydroxylation sites is 1. The molecule has 0 amide bonds. The van der Waals surface area contributed by atoms with E-state index in [0.29, 0.717) is 0 Å². The van der Waals surface area contributed by atoms with Crippen molar-refractivity contribution in [2.75, 3.05) is 5.32 Å². The zero-order chi connectivity index (χ0) is 15.3. The summed E-state index contributed by atoms with van der Waals surface area (Å²) in [5.41, 5.74) is 3.07. The van der Waals surface area contributed by atoms with Crippen molar-refractivity contribution in [2.45, 2.75) is 42.3 Å². The van der Waals surface area contributed by atoms with Crippen molar-refractivity contribution in [2.24, 2.45) is 0 Å². The molecule has 1 unspecified atom stereocenters. The van der Waals surface area contributed by atoms with Crippen LogP contribution in [0.25, 0.3) is 0 Å². The van der Waals surface area contributed by atoms with Gasteiger partial charge in [-0.05, 0) is 50.5 Å². The van der Waals surface area contributed by atoms with E-state index in [-0.39, 0.29) is 18.8 Å². The van der Waals surface area contributed by atoms with Gasteiger partial charge < -0.3 is 14.6 Å². The Morgan fingerprint density at radius 3 is 2.64 bits per heavy atom. The van der Waals surface area contributed by atoms with Crippen LogP contribution in [0, 0.1) is 0 Å². The van der Waals surface area contributed by atoms with Gasteiger partial charge in [-0.25, -0.2) is 0 Å². The van der Waals surface area contributed by atoms with Crippen LogP contribution in [-0.2, 0) is 9.31 Å². The molecule has 2 aliphatic heterocycles. The number of hydrogen-bond acceptors (Lipinski definition) is 4. The Labute approximate surface area is 135 Å². The molecule has 4 rings (SSSR count). The highest BCUT2D eigenvalue weighted by Gasteiger charge is 2.44. The van der Waals surface area contributed by atoms with E-state index in [4.69, 9.17) is 9.31 Å². The molecule has 1 N–H and O–H groups in total. The SMILES string of the molecule is CC1OB(c2ccc3c(c2)Nc2ccccc2S3)OC1(C)C. The minimum absolute atomic E-state index is 0.0802. The fourth-order valence-electron chi connectivity index (χ4n) is 2.70. The van der Waals surface area contributed by atoms with Crippen LogP contribution in [0.3, 0.4) is 0 Å². The van der Waals surface area contributed by atoms with Crippen LogP contribution in [0.5, 0.6) is 0 Å². The molecule has 112 valence electrons. The largest absolute Gasteiger partial charge is 0.494 e. The van der Waals surface area contributed by atoms with E-state index < -0.39 is 0 Å². The van der Waals surface area contributed by atoms with E-state index in [1.165, 1.54) is 9.79 Å².